The van der Waals surface area contributed by atoms with Crippen LogP contribution >= 0.6 is 0 Å². The molecule has 1 atom stereocenters. The summed E-state index contributed by atoms with van der Waals surface area (Å²) in [7, 11) is 0. The standard InChI is InChI=1S/C19H26N2O4/c22-18(23)15-10-11-21(12-15)19(24)20-16-6-8-17(9-7-16)25-13-14-4-2-1-3-5-14/h6-9,14-15H,1-5,10-13H2,(H,20,24)(H,22,23). The van der Waals surface area contributed by atoms with Crippen LogP contribution in [0.25, 0.3) is 0 Å². The first kappa shape index (κ1) is 17.6. The summed E-state index contributed by atoms with van der Waals surface area (Å²) in [6, 6.07) is 7.11. The highest BCUT2D eigenvalue weighted by Crippen LogP contribution is 2.25. The highest BCUT2D eigenvalue weighted by Gasteiger charge is 2.30. The summed E-state index contributed by atoms with van der Waals surface area (Å²) < 4.78 is 5.86. The Kier molecular flexibility index (Phi) is 5.79. The molecule has 0 radical (unpaired) electrons. The van der Waals surface area contributed by atoms with Crippen LogP contribution in [0.1, 0.15) is 38.5 Å². The summed E-state index contributed by atoms with van der Waals surface area (Å²) in [5.41, 5.74) is 0.689. The number of carbonyl (C=O) groups is 2. The summed E-state index contributed by atoms with van der Waals surface area (Å²) >= 11 is 0. The molecule has 0 bridgehead atoms. The average Bonchev–Trinajstić information content (AvgIpc) is 3.13. The first-order valence-corrected chi connectivity index (χ1v) is 9.13. The molecule has 6 heteroatoms. The number of anilines is 1. The maximum absolute atomic E-state index is 12.2. The first-order chi connectivity index (χ1) is 12.1. The predicted molar refractivity (Wildman–Crippen MR) is 94.8 cm³/mol. The minimum atomic E-state index is -0.838. The fraction of sp³-hybridized carbons (Fsp3) is 0.579. The molecule has 1 saturated heterocycles. The number of hydrogen-bond donors (Lipinski definition) is 2. The summed E-state index contributed by atoms with van der Waals surface area (Å²) in [4.78, 5) is 24.7. The molecule has 2 aliphatic rings. The maximum Gasteiger partial charge on any atom is 0.321 e. The molecule has 1 unspecified atom stereocenters. The number of likely N-dealkylation sites (tertiary alicyclic amines) is 1. The number of rotatable bonds is 5. The predicted octanol–water partition coefficient (Wildman–Crippen LogP) is 3.58. The summed E-state index contributed by atoms with van der Waals surface area (Å²) in [6.45, 7) is 1.51. The molecule has 1 aliphatic carbocycles. The molecule has 1 aromatic carbocycles. The van der Waals surface area contributed by atoms with Gasteiger partial charge in [0, 0.05) is 18.8 Å². The third-order valence-electron chi connectivity index (χ3n) is 5.14. The van der Waals surface area contributed by atoms with Crippen LogP contribution in [0.2, 0.25) is 0 Å². The maximum atomic E-state index is 12.2. The van der Waals surface area contributed by atoms with E-state index in [9.17, 15) is 9.59 Å². The highest BCUT2D eigenvalue weighted by atomic mass is 16.5. The smallest absolute Gasteiger partial charge is 0.321 e. The van der Waals surface area contributed by atoms with E-state index in [-0.39, 0.29) is 12.6 Å². The van der Waals surface area contributed by atoms with Gasteiger partial charge in [-0.15, -0.1) is 0 Å². The number of amides is 2. The minimum Gasteiger partial charge on any atom is -0.493 e. The summed E-state index contributed by atoms with van der Waals surface area (Å²) in [5.74, 6) is 0.178. The van der Waals surface area contributed by atoms with Crippen molar-refractivity contribution in [2.24, 2.45) is 11.8 Å². The summed E-state index contributed by atoms with van der Waals surface area (Å²) in [5, 5.41) is 11.8. The van der Waals surface area contributed by atoms with Gasteiger partial charge in [-0.25, -0.2) is 4.79 Å². The minimum absolute atomic E-state index is 0.250. The average molecular weight is 346 g/mol. The number of hydrogen-bond acceptors (Lipinski definition) is 3. The van der Waals surface area contributed by atoms with E-state index in [1.54, 1.807) is 4.90 Å². The monoisotopic (exact) mass is 346 g/mol. The lowest BCUT2D eigenvalue weighted by atomic mass is 9.90. The zero-order valence-electron chi connectivity index (χ0n) is 14.4. The normalized spacial score (nSPS) is 21.1. The fourth-order valence-electron chi connectivity index (χ4n) is 3.55. The number of carboxylic acid groups (broad SMARTS) is 1. The molecule has 0 aromatic heterocycles. The van der Waals surface area contributed by atoms with Crippen LogP contribution in [0, 0.1) is 11.8 Å². The van der Waals surface area contributed by atoms with E-state index in [1.165, 1.54) is 32.1 Å². The number of aliphatic carboxylic acids is 1. The van der Waals surface area contributed by atoms with Crippen molar-refractivity contribution in [1.82, 2.24) is 4.90 Å². The van der Waals surface area contributed by atoms with Crippen LogP contribution in [0.3, 0.4) is 0 Å². The molecule has 136 valence electrons. The van der Waals surface area contributed by atoms with Crippen molar-refractivity contribution in [3.8, 4) is 5.75 Å². The topological polar surface area (TPSA) is 78.9 Å². The van der Waals surface area contributed by atoms with Crippen molar-refractivity contribution in [3.05, 3.63) is 24.3 Å². The Morgan fingerprint density at radius 3 is 2.48 bits per heavy atom. The lowest BCUT2D eigenvalue weighted by Gasteiger charge is -2.21. The van der Waals surface area contributed by atoms with Gasteiger partial charge in [-0.2, -0.15) is 0 Å². The van der Waals surface area contributed by atoms with Crippen LogP contribution in [-0.2, 0) is 4.79 Å². The van der Waals surface area contributed by atoms with Crippen LogP contribution in [0.4, 0.5) is 10.5 Å². The Labute approximate surface area is 148 Å². The Hall–Kier alpha value is -2.24. The second-order valence-electron chi connectivity index (χ2n) is 7.04. The SMILES string of the molecule is O=C(O)C1CCN(C(=O)Nc2ccc(OCC3CCCCC3)cc2)C1. The van der Waals surface area contributed by atoms with E-state index in [0.717, 1.165) is 12.4 Å². The van der Waals surface area contributed by atoms with Gasteiger partial charge in [0.25, 0.3) is 0 Å². The lowest BCUT2D eigenvalue weighted by Crippen LogP contribution is -2.33. The molecule has 1 aromatic rings. The van der Waals surface area contributed by atoms with E-state index in [2.05, 4.69) is 5.32 Å². The van der Waals surface area contributed by atoms with E-state index in [1.807, 2.05) is 24.3 Å². The molecular formula is C19H26N2O4. The molecular weight excluding hydrogens is 320 g/mol. The van der Waals surface area contributed by atoms with Gasteiger partial charge in [0.2, 0.25) is 0 Å². The zero-order chi connectivity index (χ0) is 17.6. The van der Waals surface area contributed by atoms with Gasteiger partial charge in [0.05, 0.1) is 12.5 Å². The second-order valence-corrected chi connectivity index (χ2v) is 7.04. The van der Waals surface area contributed by atoms with Crippen molar-refractivity contribution in [2.45, 2.75) is 38.5 Å². The third kappa shape index (κ3) is 4.87. The van der Waals surface area contributed by atoms with Crippen LogP contribution in [-0.4, -0.2) is 41.7 Å². The van der Waals surface area contributed by atoms with Gasteiger partial charge in [-0.1, -0.05) is 19.3 Å². The molecule has 2 amide bonds. The molecule has 1 saturated carbocycles. The van der Waals surface area contributed by atoms with E-state index in [0.29, 0.717) is 24.6 Å². The Morgan fingerprint density at radius 1 is 1.12 bits per heavy atom. The largest absolute Gasteiger partial charge is 0.493 e. The van der Waals surface area contributed by atoms with E-state index >= 15 is 0 Å². The van der Waals surface area contributed by atoms with Gasteiger partial charge in [-0.3, -0.25) is 4.79 Å². The molecule has 1 aliphatic heterocycles. The van der Waals surface area contributed by atoms with Crippen molar-refractivity contribution < 1.29 is 19.4 Å². The number of benzene rings is 1. The second kappa shape index (κ2) is 8.23. The first-order valence-electron chi connectivity index (χ1n) is 9.13. The van der Waals surface area contributed by atoms with Crippen molar-refractivity contribution >= 4 is 17.7 Å². The number of nitrogens with zero attached hydrogens (tertiary/aromatic N) is 1. The molecule has 0 spiro atoms. The molecule has 25 heavy (non-hydrogen) atoms. The summed E-state index contributed by atoms with van der Waals surface area (Å²) in [6.07, 6.45) is 6.96. The van der Waals surface area contributed by atoms with Gasteiger partial charge in [-0.05, 0) is 49.4 Å². The van der Waals surface area contributed by atoms with Crippen molar-refractivity contribution in [2.75, 3.05) is 25.0 Å². The lowest BCUT2D eigenvalue weighted by molar-refractivity contribution is -0.141. The zero-order valence-corrected chi connectivity index (χ0v) is 14.4. The Bertz CT molecular complexity index is 596. The van der Waals surface area contributed by atoms with Gasteiger partial charge in [0.1, 0.15) is 5.75 Å². The van der Waals surface area contributed by atoms with Crippen LogP contribution in [0.5, 0.6) is 5.75 Å². The number of urea groups is 1. The van der Waals surface area contributed by atoms with Crippen LogP contribution in [0.15, 0.2) is 24.3 Å². The number of ether oxygens (including phenoxy) is 1. The van der Waals surface area contributed by atoms with Crippen molar-refractivity contribution in [1.29, 1.82) is 0 Å². The molecule has 3 rings (SSSR count). The fourth-order valence-corrected chi connectivity index (χ4v) is 3.55. The highest BCUT2D eigenvalue weighted by molar-refractivity contribution is 5.90. The molecule has 1 heterocycles. The Balaban J connectivity index is 1.45. The molecule has 2 N–H and O–H groups in total. The Morgan fingerprint density at radius 2 is 1.84 bits per heavy atom. The van der Waals surface area contributed by atoms with E-state index in [4.69, 9.17) is 9.84 Å². The quantitative estimate of drug-likeness (QED) is 0.854. The van der Waals surface area contributed by atoms with Gasteiger partial charge < -0.3 is 20.1 Å². The number of carbonyl (C=O) groups excluding carboxylic acids is 1. The molecule has 6 nitrogen and oxygen atoms in total. The van der Waals surface area contributed by atoms with Gasteiger partial charge in [0.15, 0.2) is 0 Å². The van der Waals surface area contributed by atoms with Gasteiger partial charge >= 0.3 is 12.0 Å². The van der Waals surface area contributed by atoms with Crippen LogP contribution < -0.4 is 10.1 Å². The number of nitrogens with one attached hydrogen (secondary N) is 1. The van der Waals surface area contributed by atoms with Crippen molar-refractivity contribution in [3.63, 3.8) is 0 Å². The third-order valence-corrected chi connectivity index (χ3v) is 5.14. The van der Waals surface area contributed by atoms with E-state index < -0.39 is 11.9 Å². The molecule has 2 fully saturated rings. The number of carboxylic acids is 1.